The number of hydrogen-bond donors (Lipinski definition) is 1. The third-order valence-corrected chi connectivity index (χ3v) is 5.56. The van der Waals surface area contributed by atoms with Crippen LogP contribution in [-0.2, 0) is 5.75 Å². The summed E-state index contributed by atoms with van der Waals surface area (Å²) in [5.41, 5.74) is 4.45. The maximum absolute atomic E-state index is 12.0. The van der Waals surface area contributed by atoms with Crippen LogP contribution in [0.15, 0.2) is 50.8 Å². The van der Waals surface area contributed by atoms with Crippen molar-refractivity contribution in [2.45, 2.75) is 31.7 Å². The van der Waals surface area contributed by atoms with Crippen LogP contribution in [0.1, 0.15) is 22.3 Å². The van der Waals surface area contributed by atoms with Gasteiger partial charge in [-0.15, -0.1) is 5.10 Å². The predicted molar refractivity (Wildman–Crippen MR) is 107 cm³/mol. The van der Waals surface area contributed by atoms with E-state index in [2.05, 4.69) is 21.6 Å². The predicted octanol–water partition coefficient (Wildman–Crippen LogP) is 3.69. The van der Waals surface area contributed by atoms with Crippen LogP contribution >= 0.6 is 11.8 Å². The quantitative estimate of drug-likeness (QED) is 0.417. The molecule has 8 heteroatoms. The minimum absolute atomic E-state index is 0.0965. The average Bonchev–Trinajstić information content (AvgIpc) is 3.11. The Balaban J connectivity index is 1.69. The molecule has 0 unspecified atom stereocenters. The molecule has 0 aliphatic carbocycles. The first kappa shape index (κ1) is 18.2. The van der Waals surface area contributed by atoms with E-state index in [0.29, 0.717) is 22.1 Å². The Morgan fingerprint density at radius 2 is 1.96 bits per heavy atom. The van der Waals surface area contributed by atoms with Gasteiger partial charge in [0.05, 0.1) is 5.69 Å². The van der Waals surface area contributed by atoms with E-state index in [1.54, 1.807) is 23.7 Å². The van der Waals surface area contributed by atoms with Crippen molar-refractivity contribution in [3.05, 3.63) is 69.1 Å². The van der Waals surface area contributed by atoms with Gasteiger partial charge in [0.25, 0.3) is 0 Å². The molecule has 1 N–H and O–H groups in total. The zero-order valence-corrected chi connectivity index (χ0v) is 16.4. The van der Waals surface area contributed by atoms with E-state index in [0.717, 1.165) is 22.2 Å². The molecule has 0 aliphatic heterocycles. The van der Waals surface area contributed by atoms with Gasteiger partial charge >= 0.3 is 5.63 Å². The molecule has 0 atom stereocenters. The number of phenols is 1. The van der Waals surface area contributed by atoms with Gasteiger partial charge in [-0.25, -0.2) is 4.79 Å². The van der Waals surface area contributed by atoms with Crippen LogP contribution in [-0.4, -0.2) is 25.3 Å². The van der Waals surface area contributed by atoms with E-state index in [4.69, 9.17) is 4.42 Å². The second-order valence-electron chi connectivity index (χ2n) is 6.63. The van der Waals surface area contributed by atoms with Crippen LogP contribution in [0.3, 0.4) is 0 Å². The van der Waals surface area contributed by atoms with Gasteiger partial charge in [0.15, 0.2) is 0 Å². The summed E-state index contributed by atoms with van der Waals surface area (Å²) in [6.45, 7) is 5.78. The first-order valence-electron chi connectivity index (χ1n) is 8.68. The van der Waals surface area contributed by atoms with Crippen molar-refractivity contribution in [2.24, 2.45) is 0 Å². The van der Waals surface area contributed by atoms with Gasteiger partial charge in [0.1, 0.15) is 11.3 Å². The summed E-state index contributed by atoms with van der Waals surface area (Å²) < 4.78 is 7.00. The molecule has 0 saturated heterocycles. The number of thioether (sulfide) groups is 1. The fraction of sp³-hybridized carbons (Fsp3) is 0.200. The number of aromatic hydroxyl groups is 1. The molecule has 0 amide bonds. The van der Waals surface area contributed by atoms with Gasteiger partial charge in [-0.1, -0.05) is 29.5 Å². The van der Waals surface area contributed by atoms with Crippen LogP contribution in [0.2, 0.25) is 0 Å². The van der Waals surface area contributed by atoms with E-state index >= 15 is 0 Å². The molecule has 0 spiro atoms. The van der Waals surface area contributed by atoms with Crippen molar-refractivity contribution in [3.63, 3.8) is 0 Å². The number of tetrazole rings is 1. The molecule has 142 valence electrons. The topological polar surface area (TPSA) is 94.0 Å². The standard InChI is InChI=1S/C20H18N4O3S/c1-11-4-6-16(12(2)8-11)24-20(21-22-23-24)28-10-14-9-18(26)27-19-13(3)17(25)7-5-15(14)19/h4-9,25H,10H2,1-3H3. The second-order valence-corrected chi connectivity index (χ2v) is 7.57. The van der Waals surface area contributed by atoms with E-state index in [9.17, 15) is 9.90 Å². The van der Waals surface area contributed by atoms with Crippen LogP contribution < -0.4 is 5.63 Å². The van der Waals surface area contributed by atoms with Crippen LogP contribution in [0.4, 0.5) is 0 Å². The van der Waals surface area contributed by atoms with Gasteiger partial charge in [0.2, 0.25) is 5.16 Å². The SMILES string of the molecule is Cc1ccc(-n2nnnc2SCc2cc(=O)oc3c(C)c(O)ccc23)c(C)c1. The van der Waals surface area contributed by atoms with E-state index in [1.807, 2.05) is 26.0 Å². The van der Waals surface area contributed by atoms with Crippen molar-refractivity contribution >= 4 is 22.7 Å². The number of hydrogen-bond acceptors (Lipinski definition) is 7. The molecule has 7 nitrogen and oxygen atoms in total. The Kier molecular flexibility index (Phi) is 4.64. The zero-order chi connectivity index (χ0) is 19.8. The molecular weight excluding hydrogens is 376 g/mol. The number of phenolic OH excluding ortho intramolecular Hbond substituents is 1. The van der Waals surface area contributed by atoms with Gasteiger partial charge < -0.3 is 9.52 Å². The van der Waals surface area contributed by atoms with Gasteiger partial charge in [-0.2, -0.15) is 4.68 Å². The number of aryl methyl sites for hydroxylation is 3. The normalized spacial score (nSPS) is 11.2. The first-order chi connectivity index (χ1) is 13.4. The van der Waals surface area contributed by atoms with E-state index < -0.39 is 5.63 Å². The lowest BCUT2D eigenvalue weighted by Crippen LogP contribution is -2.03. The molecular formula is C20H18N4O3S. The lowest BCUT2D eigenvalue weighted by molar-refractivity contribution is 0.468. The Labute approximate surface area is 165 Å². The lowest BCUT2D eigenvalue weighted by atomic mass is 10.1. The van der Waals surface area contributed by atoms with Crippen molar-refractivity contribution in [1.29, 1.82) is 0 Å². The minimum atomic E-state index is -0.453. The number of benzene rings is 2. The highest BCUT2D eigenvalue weighted by atomic mass is 32.2. The van der Waals surface area contributed by atoms with Crippen LogP contribution in [0.5, 0.6) is 5.75 Å². The molecule has 4 aromatic rings. The number of aromatic nitrogens is 4. The van der Waals surface area contributed by atoms with E-state index in [1.165, 1.54) is 23.4 Å². The summed E-state index contributed by atoms with van der Waals surface area (Å²) in [5.74, 6) is 0.580. The van der Waals surface area contributed by atoms with Crippen LogP contribution in [0.25, 0.3) is 16.7 Å². The molecule has 2 aromatic heterocycles. The fourth-order valence-corrected chi connectivity index (χ4v) is 4.02. The maximum atomic E-state index is 12.0. The molecule has 0 saturated carbocycles. The largest absolute Gasteiger partial charge is 0.508 e. The summed E-state index contributed by atoms with van der Waals surface area (Å²) in [6.07, 6.45) is 0. The molecule has 4 rings (SSSR count). The Morgan fingerprint density at radius 1 is 1.14 bits per heavy atom. The van der Waals surface area contributed by atoms with Crippen molar-refractivity contribution < 1.29 is 9.52 Å². The van der Waals surface area contributed by atoms with Crippen molar-refractivity contribution in [2.75, 3.05) is 0 Å². The molecule has 0 bridgehead atoms. The molecule has 0 radical (unpaired) electrons. The van der Waals surface area contributed by atoms with E-state index in [-0.39, 0.29) is 5.75 Å². The van der Waals surface area contributed by atoms with Crippen molar-refractivity contribution in [1.82, 2.24) is 20.2 Å². The Bertz CT molecular complexity index is 1250. The maximum Gasteiger partial charge on any atom is 0.336 e. The van der Waals surface area contributed by atoms with Gasteiger partial charge in [-0.3, -0.25) is 0 Å². The highest BCUT2D eigenvalue weighted by Gasteiger charge is 2.15. The zero-order valence-electron chi connectivity index (χ0n) is 15.6. The van der Waals surface area contributed by atoms with Gasteiger partial charge in [-0.05, 0) is 60.5 Å². The third-order valence-electron chi connectivity index (χ3n) is 4.60. The average molecular weight is 394 g/mol. The van der Waals surface area contributed by atoms with Crippen LogP contribution in [0, 0.1) is 20.8 Å². The molecule has 2 aromatic carbocycles. The lowest BCUT2D eigenvalue weighted by Gasteiger charge is -2.10. The van der Waals surface area contributed by atoms with Crippen molar-refractivity contribution in [3.8, 4) is 11.4 Å². The fourth-order valence-electron chi connectivity index (χ4n) is 3.14. The van der Waals surface area contributed by atoms with Gasteiger partial charge in [0, 0.05) is 22.8 Å². The number of fused-ring (bicyclic) bond motifs is 1. The Hall–Kier alpha value is -3.13. The summed E-state index contributed by atoms with van der Waals surface area (Å²) in [7, 11) is 0. The summed E-state index contributed by atoms with van der Waals surface area (Å²) in [4.78, 5) is 12.0. The number of nitrogens with zero attached hydrogens (tertiary/aromatic N) is 4. The summed E-state index contributed by atoms with van der Waals surface area (Å²) in [6, 6.07) is 10.9. The molecule has 0 fully saturated rings. The molecule has 0 aliphatic rings. The first-order valence-corrected chi connectivity index (χ1v) is 9.66. The number of rotatable bonds is 4. The third kappa shape index (κ3) is 3.27. The monoisotopic (exact) mass is 394 g/mol. The molecule has 2 heterocycles. The molecule has 28 heavy (non-hydrogen) atoms. The summed E-state index contributed by atoms with van der Waals surface area (Å²) >= 11 is 1.43. The minimum Gasteiger partial charge on any atom is -0.508 e. The Morgan fingerprint density at radius 3 is 2.75 bits per heavy atom. The highest BCUT2D eigenvalue weighted by Crippen LogP contribution is 2.31. The smallest absolute Gasteiger partial charge is 0.336 e. The summed E-state index contributed by atoms with van der Waals surface area (Å²) in [5, 5.41) is 23.4. The second kappa shape index (κ2) is 7.12. The highest BCUT2D eigenvalue weighted by molar-refractivity contribution is 7.98.